The third kappa shape index (κ3) is 2.73. The van der Waals surface area contributed by atoms with E-state index in [1.54, 1.807) is 7.11 Å². The summed E-state index contributed by atoms with van der Waals surface area (Å²) in [4.78, 5) is 0. The number of aromatic nitrogens is 1. The topological polar surface area (TPSA) is 14.2 Å². The molecule has 0 N–H and O–H groups in total. The van der Waals surface area contributed by atoms with E-state index in [0.29, 0.717) is 0 Å². The normalized spacial score (nSPS) is 11.5. The van der Waals surface area contributed by atoms with Crippen LogP contribution < -0.4 is 0 Å². The van der Waals surface area contributed by atoms with E-state index in [1.165, 1.54) is 44.1 Å². The van der Waals surface area contributed by atoms with Crippen LogP contribution in [-0.2, 0) is 18.2 Å². The van der Waals surface area contributed by atoms with Gasteiger partial charge in [-0.2, -0.15) is 0 Å². The Hall–Kier alpha value is -2.58. The van der Waals surface area contributed by atoms with Gasteiger partial charge in [0.25, 0.3) is 0 Å². The molecule has 0 radical (unpaired) electrons. The summed E-state index contributed by atoms with van der Waals surface area (Å²) in [5.74, 6) is 0. The van der Waals surface area contributed by atoms with Crippen LogP contribution in [0.3, 0.4) is 0 Å². The van der Waals surface area contributed by atoms with Gasteiger partial charge in [0.2, 0.25) is 0 Å². The Morgan fingerprint density at radius 2 is 1.68 bits per heavy atom. The van der Waals surface area contributed by atoms with Gasteiger partial charge in [0.1, 0.15) is 0 Å². The highest BCUT2D eigenvalue weighted by atomic mass is 16.5. The average molecular weight is 329 g/mol. The lowest BCUT2D eigenvalue weighted by Gasteiger charge is -2.10. The predicted molar refractivity (Wildman–Crippen MR) is 106 cm³/mol. The van der Waals surface area contributed by atoms with Crippen molar-refractivity contribution in [1.82, 2.24) is 4.57 Å². The molecule has 0 aliphatic rings. The van der Waals surface area contributed by atoms with Crippen molar-refractivity contribution in [3.8, 4) is 11.1 Å². The number of hydrogen-bond donors (Lipinski definition) is 0. The minimum Gasteiger partial charge on any atom is -0.384 e. The van der Waals surface area contributed by atoms with Gasteiger partial charge in [-0.25, -0.2) is 0 Å². The van der Waals surface area contributed by atoms with Crippen molar-refractivity contribution in [3.05, 3.63) is 71.8 Å². The Morgan fingerprint density at radius 3 is 2.44 bits per heavy atom. The average Bonchev–Trinajstić information content (AvgIpc) is 2.93. The van der Waals surface area contributed by atoms with Crippen molar-refractivity contribution in [3.63, 3.8) is 0 Å². The van der Waals surface area contributed by atoms with Gasteiger partial charge in [-0.15, -0.1) is 0 Å². The second kappa shape index (κ2) is 6.38. The summed E-state index contributed by atoms with van der Waals surface area (Å²) < 4.78 is 7.61. The van der Waals surface area contributed by atoms with Gasteiger partial charge < -0.3 is 9.30 Å². The zero-order valence-electron chi connectivity index (χ0n) is 15.0. The lowest BCUT2D eigenvalue weighted by Crippen LogP contribution is -1.96. The Morgan fingerprint density at radius 1 is 0.920 bits per heavy atom. The number of rotatable bonds is 4. The van der Waals surface area contributed by atoms with Crippen LogP contribution >= 0.6 is 0 Å². The largest absolute Gasteiger partial charge is 0.384 e. The van der Waals surface area contributed by atoms with Gasteiger partial charge in [-0.1, -0.05) is 54.1 Å². The van der Waals surface area contributed by atoms with Crippen LogP contribution in [-0.4, -0.2) is 18.3 Å². The number of hydrogen-bond acceptors (Lipinski definition) is 1. The lowest BCUT2D eigenvalue weighted by molar-refractivity contribution is 0.202. The van der Waals surface area contributed by atoms with Gasteiger partial charge in [0.15, 0.2) is 0 Å². The molecule has 0 saturated heterocycles. The van der Waals surface area contributed by atoms with E-state index in [2.05, 4.69) is 79.2 Å². The SMILES string of the molecule is COCCc1cc(-c2ccc(C)cc2)c2c3ccccc3n(C)c2c1. The highest BCUT2D eigenvalue weighted by Gasteiger charge is 2.14. The quantitative estimate of drug-likeness (QED) is 0.482. The smallest absolute Gasteiger partial charge is 0.0502 e. The minimum absolute atomic E-state index is 0.739. The van der Waals surface area contributed by atoms with Crippen molar-refractivity contribution >= 4 is 21.8 Å². The minimum atomic E-state index is 0.739. The molecule has 0 aliphatic heterocycles. The van der Waals surface area contributed by atoms with E-state index in [-0.39, 0.29) is 0 Å². The van der Waals surface area contributed by atoms with Gasteiger partial charge in [-0.3, -0.25) is 0 Å². The summed E-state index contributed by atoms with van der Waals surface area (Å²) >= 11 is 0. The first-order chi connectivity index (χ1) is 12.2. The van der Waals surface area contributed by atoms with Crippen molar-refractivity contribution in [1.29, 1.82) is 0 Å². The summed E-state index contributed by atoms with van der Waals surface area (Å²) in [6, 6.07) is 22.1. The monoisotopic (exact) mass is 329 g/mol. The fourth-order valence-electron chi connectivity index (χ4n) is 3.66. The number of aryl methyl sites for hydroxylation is 2. The highest BCUT2D eigenvalue weighted by molar-refractivity contribution is 6.15. The molecule has 0 fully saturated rings. The third-order valence-corrected chi connectivity index (χ3v) is 5.03. The maximum atomic E-state index is 5.30. The molecule has 1 aromatic heterocycles. The molecule has 4 rings (SSSR count). The number of para-hydroxylation sites is 1. The first-order valence-electron chi connectivity index (χ1n) is 8.75. The Labute approximate surface area is 148 Å². The van der Waals surface area contributed by atoms with Crippen LogP contribution in [0.15, 0.2) is 60.7 Å². The van der Waals surface area contributed by atoms with Crippen LogP contribution in [0.25, 0.3) is 32.9 Å². The standard InChI is InChI=1S/C23H23NO/c1-16-8-10-18(11-9-16)20-14-17(12-13-25-3)15-22-23(20)19-6-4-5-7-21(19)24(22)2/h4-11,14-15H,12-13H2,1-3H3. The molecule has 3 aromatic carbocycles. The van der Waals surface area contributed by atoms with Crippen molar-refractivity contribution in [2.45, 2.75) is 13.3 Å². The van der Waals surface area contributed by atoms with Gasteiger partial charge in [-0.05, 0) is 42.2 Å². The highest BCUT2D eigenvalue weighted by Crippen LogP contribution is 2.37. The molecule has 0 aliphatic carbocycles. The zero-order chi connectivity index (χ0) is 17.4. The molecule has 1 heterocycles. The zero-order valence-corrected chi connectivity index (χ0v) is 15.0. The molecule has 0 bridgehead atoms. The van der Waals surface area contributed by atoms with Crippen LogP contribution in [0.5, 0.6) is 0 Å². The Balaban J connectivity index is 2.06. The van der Waals surface area contributed by atoms with Gasteiger partial charge in [0, 0.05) is 36.0 Å². The third-order valence-electron chi connectivity index (χ3n) is 5.03. The van der Waals surface area contributed by atoms with Gasteiger partial charge >= 0.3 is 0 Å². The van der Waals surface area contributed by atoms with E-state index in [4.69, 9.17) is 4.74 Å². The van der Waals surface area contributed by atoms with Gasteiger partial charge in [0.05, 0.1) is 6.61 Å². The molecule has 0 atom stereocenters. The molecule has 0 amide bonds. The number of benzene rings is 3. The predicted octanol–water partition coefficient (Wildman–Crippen LogP) is 5.50. The number of fused-ring (bicyclic) bond motifs is 3. The summed E-state index contributed by atoms with van der Waals surface area (Å²) in [5, 5.41) is 2.65. The molecular formula is C23H23NO. The van der Waals surface area contributed by atoms with E-state index < -0.39 is 0 Å². The molecule has 25 heavy (non-hydrogen) atoms. The fraction of sp³-hybridized carbons (Fsp3) is 0.217. The van der Waals surface area contributed by atoms with Crippen LogP contribution in [0, 0.1) is 6.92 Å². The second-order valence-electron chi connectivity index (χ2n) is 6.72. The van der Waals surface area contributed by atoms with Crippen LogP contribution in [0.1, 0.15) is 11.1 Å². The van der Waals surface area contributed by atoms with E-state index in [0.717, 1.165) is 13.0 Å². The summed E-state index contributed by atoms with van der Waals surface area (Å²) in [6.45, 7) is 2.87. The second-order valence-corrected chi connectivity index (χ2v) is 6.72. The maximum Gasteiger partial charge on any atom is 0.0502 e. The molecule has 2 nitrogen and oxygen atoms in total. The number of nitrogens with zero attached hydrogens (tertiary/aromatic N) is 1. The van der Waals surface area contributed by atoms with E-state index >= 15 is 0 Å². The molecule has 126 valence electrons. The van der Waals surface area contributed by atoms with Crippen LogP contribution in [0.2, 0.25) is 0 Å². The van der Waals surface area contributed by atoms with Crippen molar-refractivity contribution < 1.29 is 4.74 Å². The number of methoxy groups -OCH3 is 1. The summed E-state index contributed by atoms with van der Waals surface area (Å²) in [7, 11) is 3.92. The Bertz CT molecular complexity index is 1040. The molecule has 0 spiro atoms. The number of ether oxygens (including phenoxy) is 1. The van der Waals surface area contributed by atoms with Crippen molar-refractivity contribution in [2.24, 2.45) is 7.05 Å². The Kier molecular flexibility index (Phi) is 4.06. The first-order valence-corrected chi connectivity index (χ1v) is 8.75. The first kappa shape index (κ1) is 15.9. The maximum absolute atomic E-state index is 5.30. The molecule has 0 unspecified atom stereocenters. The molecule has 0 saturated carbocycles. The van der Waals surface area contributed by atoms with Crippen molar-refractivity contribution in [2.75, 3.05) is 13.7 Å². The lowest BCUT2D eigenvalue weighted by atomic mass is 9.95. The summed E-state index contributed by atoms with van der Waals surface area (Å²) in [5.41, 5.74) is 7.73. The summed E-state index contributed by atoms with van der Waals surface area (Å²) in [6.07, 6.45) is 0.923. The van der Waals surface area contributed by atoms with E-state index in [1.807, 2.05) is 0 Å². The van der Waals surface area contributed by atoms with E-state index in [9.17, 15) is 0 Å². The molecule has 4 aromatic rings. The van der Waals surface area contributed by atoms with Crippen LogP contribution in [0.4, 0.5) is 0 Å². The fourth-order valence-corrected chi connectivity index (χ4v) is 3.66. The molecule has 2 heteroatoms. The molecular weight excluding hydrogens is 306 g/mol.